The molecule has 0 radical (unpaired) electrons. The second-order valence-electron chi connectivity index (χ2n) is 9.20. The Morgan fingerprint density at radius 2 is 1.71 bits per heavy atom. The molecule has 0 bridgehead atoms. The van der Waals surface area contributed by atoms with E-state index < -0.39 is 7.91 Å². The summed E-state index contributed by atoms with van der Waals surface area (Å²) in [6.07, 6.45) is -0.383. The third-order valence-corrected chi connectivity index (χ3v) is 6.55. The lowest BCUT2D eigenvalue weighted by Crippen LogP contribution is -2.49. The molecule has 2 heterocycles. The summed E-state index contributed by atoms with van der Waals surface area (Å²) in [5.74, 6) is 2.01. The first-order chi connectivity index (χ1) is 18.2. The Balaban J connectivity index is 0.000000786. The molecule has 5 rings (SSSR count). The van der Waals surface area contributed by atoms with E-state index in [4.69, 9.17) is 23.5 Å². The van der Waals surface area contributed by atoms with Crippen LogP contribution >= 0.6 is 7.91 Å². The van der Waals surface area contributed by atoms with E-state index in [1.54, 1.807) is 30.3 Å². The van der Waals surface area contributed by atoms with Gasteiger partial charge >= 0.3 is 7.91 Å². The van der Waals surface area contributed by atoms with Crippen molar-refractivity contribution in [3.05, 3.63) is 83.4 Å². The molecular weight excluding hydrogens is 512 g/mol. The molecular formula is C28H29FNO7P. The fourth-order valence-electron chi connectivity index (χ4n) is 4.71. The summed E-state index contributed by atoms with van der Waals surface area (Å²) in [5, 5.41) is 20.1. The Bertz CT molecular complexity index is 1360. The van der Waals surface area contributed by atoms with Crippen molar-refractivity contribution in [2.45, 2.75) is 13.0 Å². The number of benzene rings is 3. The highest BCUT2D eigenvalue weighted by Crippen LogP contribution is 2.47. The molecule has 0 spiro atoms. The Morgan fingerprint density at radius 3 is 2.37 bits per heavy atom. The van der Waals surface area contributed by atoms with Gasteiger partial charge in [0.1, 0.15) is 35.7 Å². The molecule has 0 amide bonds. The highest BCUT2D eigenvalue weighted by Gasteiger charge is 2.30. The van der Waals surface area contributed by atoms with Gasteiger partial charge in [0.25, 0.3) is 0 Å². The van der Waals surface area contributed by atoms with E-state index in [-0.39, 0.29) is 30.2 Å². The van der Waals surface area contributed by atoms with E-state index in [1.807, 2.05) is 43.3 Å². The molecule has 1 fully saturated rings. The molecule has 1 saturated heterocycles. The molecule has 3 aromatic carbocycles. The van der Waals surface area contributed by atoms with Gasteiger partial charge in [-0.1, -0.05) is 24.3 Å². The van der Waals surface area contributed by atoms with E-state index >= 15 is 0 Å². The van der Waals surface area contributed by atoms with Gasteiger partial charge in [0, 0.05) is 36.7 Å². The Kier molecular flexibility index (Phi) is 8.84. The van der Waals surface area contributed by atoms with Crippen LogP contribution in [0, 0.1) is 5.92 Å². The number of ether oxygens (including phenoxy) is 2. The average Bonchev–Trinajstić information content (AvgIpc) is 2.86. The molecule has 1 atom stereocenters. The highest BCUT2D eigenvalue weighted by molar-refractivity contribution is 7.23. The molecule has 200 valence electrons. The van der Waals surface area contributed by atoms with Crippen LogP contribution in [0.3, 0.4) is 0 Å². The maximum Gasteiger partial charge on any atom is 0.465 e. The fourth-order valence-corrected chi connectivity index (χ4v) is 4.71. The monoisotopic (exact) mass is 541 g/mol. The predicted octanol–water partition coefficient (Wildman–Crippen LogP) is 5.51. The van der Waals surface area contributed by atoms with Gasteiger partial charge in [-0.15, -0.1) is 0 Å². The number of phenolic OH excluding ortho intramolecular Hbond substituents is 2. The van der Waals surface area contributed by atoms with Crippen molar-refractivity contribution in [2.75, 3.05) is 32.9 Å². The number of fused-ring (bicyclic) bond motifs is 1. The number of hydrogen-bond donors (Lipinski definition) is 3. The molecule has 3 N–H and O–H groups in total. The van der Waals surface area contributed by atoms with E-state index in [1.165, 1.54) is 0 Å². The van der Waals surface area contributed by atoms with Gasteiger partial charge in [-0.05, 0) is 66.1 Å². The highest BCUT2D eigenvalue weighted by atomic mass is 31.1. The summed E-state index contributed by atoms with van der Waals surface area (Å²) in [7, 11) is -3.12. The molecule has 0 unspecified atom stereocenters. The van der Waals surface area contributed by atoms with Gasteiger partial charge in [0.05, 0.1) is 6.67 Å². The van der Waals surface area contributed by atoms with Crippen molar-refractivity contribution in [3.8, 4) is 23.0 Å². The largest absolute Gasteiger partial charge is 0.508 e. The minimum atomic E-state index is -3.12. The SMILES string of the molecule is CC1=C(c2cccc(O)c2)[C@H](c2ccc(OCCN3CC(CF)C3)cc2)Oc2ccc(O)cc21.O=P(=O)O. The van der Waals surface area contributed by atoms with Crippen LogP contribution in [-0.4, -0.2) is 52.9 Å². The lowest BCUT2D eigenvalue weighted by Gasteiger charge is -2.37. The number of allylic oxidation sites excluding steroid dienone is 1. The first kappa shape index (κ1) is 27.4. The van der Waals surface area contributed by atoms with Crippen LogP contribution in [0.15, 0.2) is 66.7 Å². The zero-order valence-electron chi connectivity index (χ0n) is 20.8. The maximum absolute atomic E-state index is 12.6. The number of hydrogen-bond acceptors (Lipinski definition) is 7. The second kappa shape index (κ2) is 12.3. The normalized spacial score (nSPS) is 17.0. The molecule has 2 aliphatic rings. The van der Waals surface area contributed by atoms with E-state index in [0.717, 1.165) is 53.2 Å². The standard InChI is InChI=1S/C28H28FNO4.HO3P/c1-18-25-14-23(32)7-10-26(25)34-28(27(18)21-3-2-4-22(31)13-21)20-5-8-24(9-6-20)33-12-11-30-16-19(15-29)17-30;1-4(2)3/h2-10,13-14,19,28,31-32H,11-12,15-17H2,1H3;(H,1,2,3)/t28-;/m0./s1. The molecule has 2 aliphatic heterocycles. The number of likely N-dealkylation sites (tertiary alicyclic amines) is 1. The lowest BCUT2D eigenvalue weighted by molar-refractivity contribution is 0.0668. The van der Waals surface area contributed by atoms with Gasteiger partial charge < -0.3 is 19.7 Å². The summed E-state index contributed by atoms with van der Waals surface area (Å²) >= 11 is 0. The maximum atomic E-state index is 12.6. The topological polar surface area (TPSA) is 117 Å². The van der Waals surface area contributed by atoms with Crippen LogP contribution in [0.2, 0.25) is 0 Å². The van der Waals surface area contributed by atoms with Gasteiger partial charge in [0.15, 0.2) is 0 Å². The number of rotatable bonds is 7. The fraction of sp³-hybridized carbons (Fsp3) is 0.286. The minimum Gasteiger partial charge on any atom is -0.508 e. The third kappa shape index (κ3) is 6.61. The van der Waals surface area contributed by atoms with Gasteiger partial charge in [-0.25, -0.2) is 9.13 Å². The van der Waals surface area contributed by atoms with Crippen molar-refractivity contribution in [1.29, 1.82) is 0 Å². The number of nitrogens with zero attached hydrogens (tertiary/aromatic N) is 1. The Hall–Kier alpha value is -3.65. The number of aromatic hydroxyl groups is 2. The van der Waals surface area contributed by atoms with Crippen LogP contribution in [-0.2, 0) is 9.13 Å². The summed E-state index contributed by atoms with van der Waals surface area (Å²) in [5.41, 5.74) is 4.56. The zero-order valence-corrected chi connectivity index (χ0v) is 21.7. The minimum absolute atomic E-state index is 0.176. The third-order valence-electron chi connectivity index (χ3n) is 6.55. The average molecular weight is 542 g/mol. The zero-order chi connectivity index (χ0) is 27.2. The smallest absolute Gasteiger partial charge is 0.465 e. The number of alkyl halides is 1. The Morgan fingerprint density at radius 1 is 1.03 bits per heavy atom. The first-order valence-electron chi connectivity index (χ1n) is 12.1. The number of halogens is 1. The summed E-state index contributed by atoms with van der Waals surface area (Å²) in [6, 6.07) is 20.1. The van der Waals surface area contributed by atoms with Crippen molar-refractivity contribution >= 4 is 19.1 Å². The van der Waals surface area contributed by atoms with Crippen LogP contribution in [0.4, 0.5) is 4.39 Å². The van der Waals surface area contributed by atoms with Crippen LogP contribution < -0.4 is 9.47 Å². The lowest BCUT2D eigenvalue weighted by atomic mass is 9.86. The summed E-state index contributed by atoms with van der Waals surface area (Å²) < 4.78 is 42.1. The molecule has 0 aromatic heterocycles. The van der Waals surface area contributed by atoms with Crippen molar-refractivity contribution in [2.24, 2.45) is 5.92 Å². The van der Waals surface area contributed by atoms with Crippen LogP contribution in [0.1, 0.15) is 29.7 Å². The molecule has 38 heavy (non-hydrogen) atoms. The van der Waals surface area contributed by atoms with Gasteiger partial charge in [-0.3, -0.25) is 14.2 Å². The second-order valence-corrected chi connectivity index (χ2v) is 9.68. The predicted molar refractivity (Wildman–Crippen MR) is 140 cm³/mol. The van der Waals surface area contributed by atoms with Crippen molar-refractivity contribution < 1.29 is 38.1 Å². The quantitative estimate of drug-likeness (QED) is 0.336. The summed E-state index contributed by atoms with van der Waals surface area (Å²) in [4.78, 5) is 9.20. The van der Waals surface area contributed by atoms with E-state index in [9.17, 15) is 14.6 Å². The van der Waals surface area contributed by atoms with Crippen molar-refractivity contribution in [1.82, 2.24) is 4.90 Å². The molecule has 10 heteroatoms. The van der Waals surface area contributed by atoms with Crippen LogP contribution in [0.5, 0.6) is 23.0 Å². The van der Waals surface area contributed by atoms with Crippen LogP contribution in [0.25, 0.3) is 11.1 Å². The molecule has 0 aliphatic carbocycles. The first-order valence-corrected chi connectivity index (χ1v) is 13.2. The Labute approximate surface area is 220 Å². The molecule has 0 saturated carbocycles. The molecule has 8 nitrogen and oxygen atoms in total. The van der Waals surface area contributed by atoms with Gasteiger partial charge in [-0.2, -0.15) is 0 Å². The van der Waals surface area contributed by atoms with E-state index in [2.05, 4.69) is 4.90 Å². The summed E-state index contributed by atoms with van der Waals surface area (Å²) in [6.45, 7) is 4.72. The van der Waals surface area contributed by atoms with E-state index in [0.29, 0.717) is 12.4 Å². The molecule has 3 aromatic rings. The van der Waals surface area contributed by atoms with Gasteiger partial charge in [0.2, 0.25) is 0 Å². The number of phenols is 2. The van der Waals surface area contributed by atoms with Crippen molar-refractivity contribution in [3.63, 3.8) is 0 Å².